The van der Waals surface area contributed by atoms with Crippen molar-refractivity contribution in [1.82, 2.24) is 19.0 Å². The summed E-state index contributed by atoms with van der Waals surface area (Å²) in [4.78, 5) is 31.8. The number of halogens is 1. The van der Waals surface area contributed by atoms with Gasteiger partial charge in [-0.25, -0.2) is 9.78 Å². The second-order valence-corrected chi connectivity index (χ2v) is 7.81. The second-order valence-electron chi connectivity index (χ2n) is 7.38. The highest BCUT2D eigenvalue weighted by Gasteiger charge is 2.27. The lowest BCUT2D eigenvalue weighted by Crippen LogP contribution is -2.40. The minimum absolute atomic E-state index is 0.0548. The number of aromatic nitrogens is 3. The third-order valence-electron chi connectivity index (χ3n) is 5.64. The number of carbonyl (C=O) groups is 1. The van der Waals surface area contributed by atoms with Crippen molar-refractivity contribution in [2.75, 3.05) is 20.2 Å². The number of amides is 1. The van der Waals surface area contributed by atoms with Crippen molar-refractivity contribution in [2.45, 2.75) is 19.4 Å². The molecule has 0 aliphatic carbocycles. The van der Waals surface area contributed by atoms with Crippen LogP contribution in [0.5, 0.6) is 5.75 Å². The van der Waals surface area contributed by atoms with Gasteiger partial charge in [0.15, 0.2) is 5.65 Å². The molecule has 0 spiro atoms. The molecule has 3 heterocycles. The van der Waals surface area contributed by atoms with E-state index in [1.165, 1.54) is 0 Å². The Morgan fingerprint density at radius 2 is 2.03 bits per heavy atom. The van der Waals surface area contributed by atoms with Crippen LogP contribution in [-0.4, -0.2) is 45.1 Å². The van der Waals surface area contributed by atoms with Crippen molar-refractivity contribution in [3.63, 3.8) is 0 Å². The van der Waals surface area contributed by atoms with E-state index in [0.29, 0.717) is 47.5 Å². The number of likely N-dealkylation sites (tertiary alicyclic amines) is 1. The molecule has 0 atom stereocenters. The normalized spacial score (nSPS) is 15.1. The van der Waals surface area contributed by atoms with Gasteiger partial charge in [-0.1, -0.05) is 11.6 Å². The maximum Gasteiger partial charge on any atom is 0.330 e. The lowest BCUT2D eigenvalue weighted by Gasteiger charge is -2.32. The number of ether oxygens (including phenoxy) is 1. The number of hydrogen-bond donors (Lipinski definition) is 0. The van der Waals surface area contributed by atoms with Crippen LogP contribution >= 0.6 is 11.6 Å². The molecule has 1 aromatic carbocycles. The molecular formula is C21H23ClN4O3. The van der Waals surface area contributed by atoms with Crippen LogP contribution in [0.4, 0.5) is 0 Å². The Labute approximate surface area is 173 Å². The van der Waals surface area contributed by atoms with Gasteiger partial charge in [0.25, 0.3) is 5.91 Å². The van der Waals surface area contributed by atoms with Gasteiger partial charge in [-0.3, -0.25) is 13.9 Å². The van der Waals surface area contributed by atoms with Crippen molar-refractivity contribution in [2.24, 2.45) is 13.0 Å². The topological polar surface area (TPSA) is 69.4 Å². The van der Waals surface area contributed by atoms with E-state index in [1.807, 2.05) is 17.0 Å². The monoisotopic (exact) mass is 414 g/mol. The number of fused-ring (bicyclic) bond motifs is 1. The predicted molar refractivity (Wildman–Crippen MR) is 112 cm³/mol. The van der Waals surface area contributed by atoms with Crippen molar-refractivity contribution in [3.05, 3.63) is 57.6 Å². The van der Waals surface area contributed by atoms with Crippen molar-refractivity contribution in [3.8, 4) is 5.75 Å². The molecule has 1 aliphatic rings. The Morgan fingerprint density at radius 1 is 1.28 bits per heavy atom. The van der Waals surface area contributed by atoms with Crippen LogP contribution < -0.4 is 10.4 Å². The number of pyridine rings is 1. The Bertz CT molecular complexity index is 1110. The Morgan fingerprint density at radius 3 is 2.76 bits per heavy atom. The number of piperidine rings is 1. The first kappa shape index (κ1) is 19.5. The summed E-state index contributed by atoms with van der Waals surface area (Å²) < 4.78 is 8.69. The summed E-state index contributed by atoms with van der Waals surface area (Å²) in [5, 5.41) is 0.506. The summed E-state index contributed by atoms with van der Waals surface area (Å²) in [6.45, 7) is 1.87. The molecule has 4 rings (SSSR count). The Kier molecular flexibility index (Phi) is 5.32. The minimum atomic E-state index is -0.0770. The first-order chi connectivity index (χ1) is 14.0. The van der Waals surface area contributed by atoms with Gasteiger partial charge in [0, 0.05) is 37.9 Å². The van der Waals surface area contributed by atoms with E-state index in [0.717, 1.165) is 18.4 Å². The van der Waals surface area contributed by atoms with Crippen LogP contribution in [0, 0.1) is 5.92 Å². The van der Waals surface area contributed by atoms with Gasteiger partial charge in [0.05, 0.1) is 18.2 Å². The summed E-state index contributed by atoms with van der Waals surface area (Å²) in [5.41, 5.74) is 1.97. The lowest BCUT2D eigenvalue weighted by atomic mass is 9.96. The third-order valence-corrected chi connectivity index (χ3v) is 5.87. The highest BCUT2D eigenvalue weighted by atomic mass is 35.5. The summed E-state index contributed by atoms with van der Waals surface area (Å²) in [6, 6.07) is 8.80. The molecule has 1 amide bonds. The van der Waals surface area contributed by atoms with Crippen molar-refractivity contribution < 1.29 is 9.53 Å². The Hall–Kier alpha value is -2.80. The number of benzene rings is 1. The van der Waals surface area contributed by atoms with E-state index in [4.69, 9.17) is 16.3 Å². The first-order valence-corrected chi connectivity index (χ1v) is 10.0. The fourth-order valence-electron chi connectivity index (χ4n) is 3.99. The molecule has 29 heavy (non-hydrogen) atoms. The van der Waals surface area contributed by atoms with Crippen molar-refractivity contribution in [1.29, 1.82) is 0 Å². The number of rotatable bonds is 4. The fraction of sp³-hybridized carbons (Fsp3) is 0.381. The molecule has 1 fully saturated rings. The number of methoxy groups -OCH3 is 1. The van der Waals surface area contributed by atoms with Gasteiger partial charge in [0.1, 0.15) is 5.75 Å². The molecule has 1 aliphatic heterocycles. The van der Waals surface area contributed by atoms with Gasteiger partial charge in [-0.05, 0) is 49.1 Å². The number of hydrogen-bond acceptors (Lipinski definition) is 4. The molecule has 0 unspecified atom stereocenters. The molecule has 152 valence electrons. The van der Waals surface area contributed by atoms with E-state index in [1.54, 1.807) is 47.7 Å². The van der Waals surface area contributed by atoms with Crippen LogP contribution in [-0.2, 0) is 13.6 Å². The summed E-state index contributed by atoms with van der Waals surface area (Å²) in [7, 11) is 3.31. The van der Waals surface area contributed by atoms with E-state index < -0.39 is 0 Å². The molecule has 7 nitrogen and oxygen atoms in total. The van der Waals surface area contributed by atoms with Gasteiger partial charge in [-0.2, -0.15) is 0 Å². The van der Waals surface area contributed by atoms with Crippen molar-refractivity contribution >= 4 is 28.7 Å². The van der Waals surface area contributed by atoms with Gasteiger partial charge in [0.2, 0.25) is 0 Å². The van der Waals surface area contributed by atoms with Gasteiger partial charge < -0.3 is 9.64 Å². The van der Waals surface area contributed by atoms with Crippen LogP contribution in [0.2, 0.25) is 5.02 Å². The molecule has 2 aromatic heterocycles. The molecule has 1 saturated heterocycles. The predicted octanol–water partition coefficient (Wildman–Crippen LogP) is 2.95. The van der Waals surface area contributed by atoms with E-state index in [9.17, 15) is 9.59 Å². The number of carbonyl (C=O) groups excluding carboxylic acids is 1. The molecule has 0 N–H and O–H groups in total. The molecule has 0 bridgehead atoms. The number of aryl methyl sites for hydroxylation is 1. The quantitative estimate of drug-likeness (QED) is 0.658. The molecule has 8 heteroatoms. The van der Waals surface area contributed by atoms with Crippen LogP contribution in [0.1, 0.15) is 23.2 Å². The van der Waals surface area contributed by atoms with Crippen LogP contribution in [0.3, 0.4) is 0 Å². The highest BCUT2D eigenvalue weighted by Crippen LogP contribution is 2.27. The zero-order valence-electron chi connectivity index (χ0n) is 16.5. The standard InChI is InChI=1S/C21H23ClN4O3/c1-24-17-4-3-9-23-19(17)26(21(24)28)13-14-7-10-25(11-8-14)20(27)16-12-15(22)5-6-18(16)29-2/h3-6,9,12,14H,7-8,10-11,13H2,1-2H3. The average molecular weight is 415 g/mol. The molecule has 3 aromatic rings. The van der Waals surface area contributed by atoms with E-state index in [-0.39, 0.29) is 11.6 Å². The van der Waals surface area contributed by atoms with E-state index in [2.05, 4.69) is 4.98 Å². The maximum atomic E-state index is 12.9. The van der Waals surface area contributed by atoms with Gasteiger partial charge in [-0.15, -0.1) is 0 Å². The Balaban J connectivity index is 1.47. The van der Waals surface area contributed by atoms with E-state index >= 15 is 0 Å². The SMILES string of the molecule is COc1ccc(Cl)cc1C(=O)N1CCC(Cn2c(=O)n(C)c3cccnc32)CC1. The summed E-state index contributed by atoms with van der Waals surface area (Å²) in [6.07, 6.45) is 3.35. The number of imidazole rings is 1. The fourth-order valence-corrected chi connectivity index (χ4v) is 4.16. The number of nitrogens with zero attached hydrogens (tertiary/aromatic N) is 4. The smallest absolute Gasteiger partial charge is 0.330 e. The zero-order valence-corrected chi connectivity index (χ0v) is 17.2. The maximum absolute atomic E-state index is 12.9. The zero-order chi connectivity index (χ0) is 20.5. The summed E-state index contributed by atoms with van der Waals surface area (Å²) >= 11 is 6.07. The lowest BCUT2D eigenvalue weighted by molar-refractivity contribution is 0.0679. The average Bonchev–Trinajstić information content (AvgIpc) is 2.99. The largest absolute Gasteiger partial charge is 0.496 e. The van der Waals surface area contributed by atoms with Crippen LogP contribution in [0.15, 0.2) is 41.3 Å². The highest BCUT2D eigenvalue weighted by molar-refractivity contribution is 6.31. The summed E-state index contributed by atoms with van der Waals surface area (Å²) in [5.74, 6) is 0.757. The molecule has 0 radical (unpaired) electrons. The molecular weight excluding hydrogens is 392 g/mol. The minimum Gasteiger partial charge on any atom is -0.496 e. The first-order valence-electron chi connectivity index (χ1n) is 9.62. The second kappa shape index (κ2) is 7.91. The van der Waals surface area contributed by atoms with Crippen LogP contribution in [0.25, 0.3) is 11.2 Å². The third kappa shape index (κ3) is 3.62. The molecule has 0 saturated carbocycles. The van der Waals surface area contributed by atoms with Gasteiger partial charge >= 0.3 is 5.69 Å².